The first-order chi connectivity index (χ1) is 18.5. The second kappa shape index (κ2) is 9.61. The first kappa shape index (κ1) is 27.1. The molecule has 8 heteroatoms. The molecule has 39 heavy (non-hydrogen) atoms. The van der Waals surface area contributed by atoms with Crippen LogP contribution in [-0.2, 0) is 19.1 Å². The van der Waals surface area contributed by atoms with Gasteiger partial charge in [0.2, 0.25) is 5.91 Å². The van der Waals surface area contributed by atoms with Crippen molar-refractivity contribution in [2.45, 2.75) is 57.4 Å². The minimum atomic E-state index is -1.34. The number of aliphatic hydroxyl groups excluding tert-OH is 1. The number of aliphatic hydroxyl groups is 1. The molecule has 0 radical (unpaired) electrons. The Kier molecular flexibility index (Phi) is 6.67. The van der Waals surface area contributed by atoms with E-state index in [9.17, 15) is 24.6 Å². The van der Waals surface area contributed by atoms with E-state index in [1.54, 1.807) is 42.2 Å². The van der Waals surface area contributed by atoms with Gasteiger partial charge in [-0.2, -0.15) is 0 Å². The van der Waals surface area contributed by atoms with Crippen LogP contribution in [-0.4, -0.2) is 63.3 Å². The van der Waals surface area contributed by atoms with Crippen LogP contribution in [0.25, 0.3) is 0 Å². The largest absolute Gasteiger partial charge is 0.481 e. The van der Waals surface area contributed by atoms with Crippen molar-refractivity contribution in [1.29, 1.82) is 0 Å². The van der Waals surface area contributed by atoms with Gasteiger partial charge in [0.1, 0.15) is 17.6 Å². The highest BCUT2D eigenvalue weighted by molar-refractivity contribution is 6.05. The zero-order valence-corrected chi connectivity index (χ0v) is 22.8. The molecule has 3 unspecified atom stereocenters. The molecule has 3 aliphatic heterocycles. The molecule has 8 nitrogen and oxygen atoms in total. The number of nitrogens with zero attached hydrogens (tertiary/aromatic N) is 2. The molecule has 3 aliphatic rings. The average molecular weight is 533 g/mol. The van der Waals surface area contributed by atoms with Gasteiger partial charge in [0.25, 0.3) is 5.91 Å². The van der Waals surface area contributed by atoms with Crippen molar-refractivity contribution in [3.8, 4) is 0 Å². The molecule has 7 atom stereocenters. The number of anilines is 1. The molecule has 2 aromatic carbocycles. The van der Waals surface area contributed by atoms with E-state index in [-0.39, 0.29) is 18.4 Å². The van der Waals surface area contributed by atoms with Gasteiger partial charge >= 0.3 is 5.97 Å². The summed E-state index contributed by atoms with van der Waals surface area (Å²) in [6.45, 7) is 11.1. The van der Waals surface area contributed by atoms with Gasteiger partial charge in [-0.3, -0.25) is 14.4 Å². The lowest BCUT2D eigenvalue weighted by Crippen LogP contribution is -2.57. The van der Waals surface area contributed by atoms with Gasteiger partial charge in [-0.1, -0.05) is 61.5 Å². The van der Waals surface area contributed by atoms with E-state index in [0.717, 1.165) is 16.8 Å². The number of rotatable bonds is 8. The summed E-state index contributed by atoms with van der Waals surface area (Å²) in [5.74, 6) is -4.33. The Morgan fingerprint density at radius 2 is 1.82 bits per heavy atom. The second-order valence-electron chi connectivity index (χ2n) is 11.4. The molecule has 206 valence electrons. The van der Waals surface area contributed by atoms with Gasteiger partial charge in [-0.15, -0.1) is 6.58 Å². The summed E-state index contributed by atoms with van der Waals surface area (Å²) in [5, 5.41) is 21.0. The minimum Gasteiger partial charge on any atom is -0.481 e. The Balaban J connectivity index is 1.73. The molecule has 3 fully saturated rings. The van der Waals surface area contributed by atoms with Crippen molar-refractivity contribution < 1.29 is 29.3 Å². The van der Waals surface area contributed by atoms with E-state index in [4.69, 9.17) is 4.74 Å². The summed E-state index contributed by atoms with van der Waals surface area (Å²) in [4.78, 5) is 44.9. The maximum atomic E-state index is 14.8. The van der Waals surface area contributed by atoms with E-state index < -0.39 is 53.6 Å². The van der Waals surface area contributed by atoms with Crippen molar-refractivity contribution in [3.05, 3.63) is 77.9 Å². The van der Waals surface area contributed by atoms with Crippen molar-refractivity contribution in [2.75, 3.05) is 18.1 Å². The molecule has 2 aromatic rings. The van der Waals surface area contributed by atoms with Crippen LogP contribution in [0.4, 0.5) is 5.69 Å². The smallest absolute Gasteiger partial charge is 0.310 e. The highest BCUT2D eigenvalue weighted by Gasteiger charge is 2.80. The highest BCUT2D eigenvalue weighted by Crippen LogP contribution is 2.66. The van der Waals surface area contributed by atoms with Crippen LogP contribution in [0.1, 0.15) is 43.0 Å². The van der Waals surface area contributed by atoms with Gasteiger partial charge in [0.15, 0.2) is 0 Å². The van der Waals surface area contributed by atoms with Crippen LogP contribution in [0.15, 0.2) is 61.2 Å². The standard InChI is InChI=1S/C31H36N2O6/c1-6-15-32(25-18(2)11-10-12-19(25)3)28(36)26-31-16-20(4)30(5,39-31)24(29(37)38)23(31)27(35)33(26)22(17-34)21-13-8-7-9-14-21/h6-14,20,22-24,26,34H,1,15-17H2,2-5H3,(H,37,38)/t20?,22-,23+,24-,26?,30+,31?/m1/s1. The molecule has 2 N–H and O–H groups in total. The summed E-state index contributed by atoms with van der Waals surface area (Å²) in [7, 11) is 0. The third-order valence-electron chi connectivity index (χ3n) is 9.23. The van der Waals surface area contributed by atoms with Crippen LogP contribution in [0, 0.1) is 31.6 Å². The van der Waals surface area contributed by atoms with Gasteiger partial charge in [-0.25, -0.2) is 0 Å². The molecule has 2 amide bonds. The number of amides is 2. The molecule has 0 aromatic heterocycles. The molecule has 1 spiro atoms. The van der Waals surface area contributed by atoms with E-state index in [1.807, 2.05) is 45.0 Å². The Hall–Kier alpha value is -3.49. The van der Waals surface area contributed by atoms with E-state index in [0.29, 0.717) is 12.0 Å². The van der Waals surface area contributed by atoms with E-state index in [2.05, 4.69) is 6.58 Å². The lowest BCUT2D eigenvalue weighted by Gasteiger charge is -2.40. The molecule has 0 saturated carbocycles. The Morgan fingerprint density at radius 1 is 1.18 bits per heavy atom. The summed E-state index contributed by atoms with van der Waals surface area (Å²) in [6, 6.07) is 12.8. The minimum absolute atomic E-state index is 0.189. The monoisotopic (exact) mass is 532 g/mol. The number of hydrogen-bond donors (Lipinski definition) is 2. The number of carbonyl (C=O) groups is 3. The van der Waals surface area contributed by atoms with E-state index in [1.165, 1.54) is 4.90 Å². The molecule has 5 rings (SSSR count). The lowest BCUT2D eigenvalue weighted by atomic mass is 9.62. The SMILES string of the molecule is C=CCN(C(=O)C1N([C@H](CO)c2ccccc2)C(=O)[C@@H]2[C@H](C(=O)O)[C@@]3(C)OC12CC3C)c1c(C)cccc1C. The molecular formula is C31H36N2O6. The number of aliphatic carboxylic acids is 1. The lowest BCUT2D eigenvalue weighted by molar-refractivity contribution is -0.157. The molecule has 3 heterocycles. The fourth-order valence-electron chi connectivity index (χ4n) is 7.50. The first-order valence-corrected chi connectivity index (χ1v) is 13.4. The van der Waals surface area contributed by atoms with Crippen molar-refractivity contribution in [3.63, 3.8) is 0 Å². The summed E-state index contributed by atoms with van der Waals surface area (Å²) in [5.41, 5.74) is 0.709. The van der Waals surface area contributed by atoms with Crippen molar-refractivity contribution in [2.24, 2.45) is 17.8 Å². The maximum absolute atomic E-state index is 14.8. The zero-order valence-electron chi connectivity index (χ0n) is 22.8. The number of carboxylic acid groups (broad SMARTS) is 1. The zero-order chi connectivity index (χ0) is 28.3. The average Bonchev–Trinajstić information content (AvgIpc) is 3.41. The van der Waals surface area contributed by atoms with Gasteiger partial charge in [0, 0.05) is 12.2 Å². The quantitative estimate of drug-likeness (QED) is 0.503. The number of carboxylic acids is 1. The number of carbonyl (C=O) groups excluding carboxylic acids is 2. The number of hydrogen-bond acceptors (Lipinski definition) is 5. The van der Waals surface area contributed by atoms with Gasteiger partial charge < -0.3 is 24.7 Å². The summed E-state index contributed by atoms with van der Waals surface area (Å²) in [6.07, 6.45) is 2.00. The predicted octanol–water partition coefficient (Wildman–Crippen LogP) is 3.65. The highest BCUT2D eigenvalue weighted by atomic mass is 16.5. The predicted molar refractivity (Wildman–Crippen MR) is 146 cm³/mol. The van der Waals surface area contributed by atoms with Crippen LogP contribution >= 0.6 is 0 Å². The molecule has 3 saturated heterocycles. The van der Waals surface area contributed by atoms with Crippen molar-refractivity contribution >= 4 is 23.5 Å². The number of aryl methyl sites for hydroxylation is 2. The second-order valence-corrected chi connectivity index (χ2v) is 11.4. The summed E-state index contributed by atoms with van der Waals surface area (Å²) >= 11 is 0. The number of likely N-dealkylation sites (tertiary alicyclic amines) is 1. The topological polar surface area (TPSA) is 107 Å². The number of para-hydroxylation sites is 1. The van der Waals surface area contributed by atoms with Crippen molar-refractivity contribution in [1.82, 2.24) is 4.90 Å². The number of ether oxygens (including phenoxy) is 1. The first-order valence-electron chi connectivity index (χ1n) is 13.4. The fraction of sp³-hybridized carbons (Fsp3) is 0.452. The molecule has 0 aliphatic carbocycles. The van der Waals surface area contributed by atoms with E-state index >= 15 is 0 Å². The van der Waals surface area contributed by atoms with Gasteiger partial charge in [0.05, 0.1) is 24.2 Å². The normalized spacial score (nSPS) is 31.7. The van der Waals surface area contributed by atoms with Crippen LogP contribution in [0.3, 0.4) is 0 Å². The number of fused-ring (bicyclic) bond motifs is 1. The van der Waals surface area contributed by atoms with Crippen LogP contribution < -0.4 is 4.90 Å². The maximum Gasteiger partial charge on any atom is 0.310 e. The Labute approximate surface area is 228 Å². The molecule has 2 bridgehead atoms. The van der Waals surface area contributed by atoms with Crippen LogP contribution in [0.2, 0.25) is 0 Å². The number of benzene rings is 2. The van der Waals surface area contributed by atoms with Gasteiger partial charge in [-0.05, 0) is 49.8 Å². The third kappa shape index (κ3) is 3.76. The fourth-order valence-corrected chi connectivity index (χ4v) is 7.50. The summed E-state index contributed by atoms with van der Waals surface area (Å²) < 4.78 is 6.65. The Bertz CT molecular complexity index is 1310. The van der Waals surface area contributed by atoms with Crippen LogP contribution in [0.5, 0.6) is 0 Å². The third-order valence-corrected chi connectivity index (χ3v) is 9.23. The Morgan fingerprint density at radius 3 is 2.38 bits per heavy atom. The molecular weight excluding hydrogens is 496 g/mol.